The molecule has 57 heavy (non-hydrogen) atoms. The Hall–Kier alpha value is -5.72. The van der Waals surface area contributed by atoms with Gasteiger partial charge in [-0.1, -0.05) is 217 Å². The minimum atomic E-state index is 0.212. The Labute approximate surface area is 345 Å². The molecule has 0 radical (unpaired) electrons. The third kappa shape index (κ3) is 9.64. The molecular weight excluding hydrogens is 685 g/mol. The van der Waals surface area contributed by atoms with Gasteiger partial charge >= 0.3 is 0 Å². The van der Waals surface area contributed by atoms with E-state index in [-0.39, 0.29) is 5.41 Å². The molecule has 9 rings (SSSR count). The highest BCUT2D eigenvalue weighted by atomic mass is 14.4. The predicted octanol–water partition coefficient (Wildman–Crippen LogP) is 16.0. The van der Waals surface area contributed by atoms with Gasteiger partial charge in [0.15, 0.2) is 0 Å². The fourth-order valence-corrected chi connectivity index (χ4v) is 8.17. The van der Waals surface area contributed by atoms with E-state index in [0.717, 1.165) is 24.8 Å². The summed E-state index contributed by atoms with van der Waals surface area (Å²) >= 11 is 0. The van der Waals surface area contributed by atoms with Crippen LogP contribution in [0.15, 0.2) is 187 Å². The van der Waals surface area contributed by atoms with Crippen LogP contribution in [0, 0.1) is 13.8 Å². The molecule has 0 fully saturated rings. The van der Waals surface area contributed by atoms with Gasteiger partial charge in [0.1, 0.15) is 0 Å². The molecule has 5 aromatic rings. The molecule has 0 bridgehead atoms. The zero-order valence-electron chi connectivity index (χ0n) is 35.9. The molecule has 0 heteroatoms. The van der Waals surface area contributed by atoms with Gasteiger partial charge in [0.25, 0.3) is 0 Å². The van der Waals surface area contributed by atoms with Crippen LogP contribution < -0.4 is 0 Å². The number of hydrogen-bond acceptors (Lipinski definition) is 0. The van der Waals surface area contributed by atoms with Crippen molar-refractivity contribution in [2.45, 2.75) is 87.0 Å². The molecule has 5 aromatic carbocycles. The first-order valence-corrected chi connectivity index (χ1v) is 21.0. The highest BCUT2D eigenvalue weighted by molar-refractivity contribution is 5.93. The van der Waals surface area contributed by atoms with E-state index < -0.39 is 0 Å². The summed E-state index contributed by atoms with van der Waals surface area (Å²) < 4.78 is 0. The summed E-state index contributed by atoms with van der Waals surface area (Å²) in [5.74, 6) is 0. The Morgan fingerprint density at radius 3 is 1.89 bits per heavy atom. The molecule has 4 aliphatic carbocycles. The van der Waals surface area contributed by atoms with Gasteiger partial charge in [-0.05, 0) is 124 Å². The van der Waals surface area contributed by atoms with Gasteiger partial charge in [0.2, 0.25) is 0 Å². The van der Waals surface area contributed by atoms with E-state index in [0.29, 0.717) is 0 Å². The Morgan fingerprint density at radius 1 is 0.596 bits per heavy atom. The third-order valence-corrected chi connectivity index (χ3v) is 10.9. The van der Waals surface area contributed by atoms with E-state index in [9.17, 15) is 0 Å². The molecule has 0 nitrogen and oxygen atoms in total. The number of benzene rings is 5. The lowest BCUT2D eigenvalue weighted by Gasteiger charge is -2.22. The van der Waals surface area contributed by atoms with Crippen LogP contribution in [0.1, 0.15) is 99.4 Å². The maximum Gasteiger partial charge on any atom is 0.0155 e. The number of hydrogen-bond donors (Lipinski definition) is 0. The van der Waals surface area contributed by atoms with Crippen LogP contribution in [-0.4, -0.2) is 0 Å². The summed E-state index contributed by atoms with van der Waals surface area (Å²) in [6.07, 6.45) is 18.8. The zero-order chi connectivity index (χ0) is 41.0. The summed E-state index contributed by atoms with van der Waals surface area (Å²) in [5.41, 5.74) is 22.0. The van der Waals surface area contributed by atoms with E-state index in [4.69, 9.17) is 0 Å². The van der Waals surface area contributed by atoms with E-state index in [1.54, 1.807) is 5.57 Å². The molecule has 0 saturated heterocycles. The van der Waals surface area contributed by atoms with E-state index in [1.807, 2.05) is 33.8 Å². The number of aryl methyl sites for hydroxylation is 2. The monoisotopic (exact) mass is 746 g/mol. The minimum absolute atomic E-state index is 0.212. The fourth-order valence-electron chi connectivity index (χ4n) is 8.17. The quantitative estimate of drug-likeness (QED) is 0.172. The van der Waals surface area contributed by atoms with Crippen LogP contribution >= 0.6 is 0 Å². The molecule has 0 heterocycles. The van der Waals surface area contributed by atoms with Crippen LogP contribution in [0.3, 0.4) is 0 Å². The van der Waals surface area contributed by atoms with Gasteiger partial charge in [0.05, 0.1) is 0 Å². The number of allylic oxidation sites excluding steroid dienone is 13. The van der Waals surface area contributed by atoms with Crippen LogP contribution in [0.5, 0.6) is 0 Å². The second-order valence-electron chi connectivity index (χ2n) is 15.0. The van der Waals surface area contributed by atoms with Crippen LogP contribution in [0.4, 0.5) is 0 Å². The molecule has 4 aliphatic rings. The lowest BCUT2D eigenvalue weighted by atomic mass is 9.81. The van der Waals surface area contributed by atoms with Gasteiger partial charge in [-0.15, -0.1) is 0 Å². The summed E-state index contributed by atoms with van der Waals surface area (Å²) in [5, 5.41) is 0. The van der Waals surface area contributed by atoms with Gasteiger partial charge < -0.3 is 0 Å². The first kappa shape index (κ1) is 42.4. The largest absolute Gasteiger partial charge is 0.0911 e. The van der Waals surface area contributed by atoms with Crippen LogP contribution in [-0.2, 0) is 18.3 Å². The number of rotatable bonds is 3. The van der Waals surface area contributed by atoms with Crippen LogP contribution in [0.25, 0.3) is 27.8 Å². The van der Waals surface area contributed by atoms with Crippen molar-refractivity contribution >= 4 is 16.7 Å². The van der Waals surface area contributed by atoms with Gasteiger partial charge in [0, 0.05) is 5.41 Å². The van der Waals surface area contributed by atoms with Crippen molar-refractivity contribution in [2.75, 3.05) is 0 Å². The van der Waals surface area contributed by atoms with Crippen molar-refractivity contribution in [2.24, 2.45) is 0 Å². The third-order valence-electron chi connectivity index (χ3n) is 10.9. The molecular formula is C57H62. The van der Waals surface area contributed by atoms with E-state index in [2.05, 4.69) is 199 Å². The normalized spacial score (nSPS) is 16.6. The average molecular weight is 747 g/mol. The lowest BCUT2D eigenvalue weighted by Crippen LogP contribution is -2.15. The second kappa shape index (κ2) is 19.9. The maximum atomic E-state index is 4.35. The molecule has 290 valence electrons. The van der Waals surface area contributed by atoms with Gasteiger partial charge in [-0.3, -0.25) is 0 Å². The molecule has 0 unspecified atom stereocenters. The summed E-state index contributed by atoms with van der Waals surface area (Å²) in [7, 11) is 0. The standard InChI is InChI=1S/C25H22.C15H16.C13H12.2C2H6/c1-3-9-21-17-20-11-5-7-15-24(20)25(21)22-13-8-12-19-10-4-6-14-23(19)18(2)16-22;1-10-7-8-12-11-5-4-6-13(11)15(2,3)14(12)9-10;1-11-7-9-13(10-8-11)12-5-3-2-4-6-12;2*1-2/h3-11,13-16H,2,12,17H2,1H3;4,6-9H,5H2,1-3H3;2-10H,1H3;2*1-2H3/b9-3-,13-8-,22-16+;;;;. The molecule has 0 spiro atoms. The second-order valence-corrected chi connectivity index (χ2v) is 15.0. The van der Waals surface area contributed by atoms with Crippen molar-refractivity contribution < 1.29 is 0 Å². The van der Waals surface area contributed by atoms with Crippen molar-refractivity contribution in [3.8, 4) is 11.1 Å². The lowest BCUT2D eigenvalue weighted by molar-refractivity contribution is 0.654. The van der Waals surface area contributed by atoms with E-state index in [1.165, 1.54) is 77.9 Å². The SMILES string of the molecule is C=C1/C=C(/C2=C(\C=C/C)Cc3ccccc32)\C=C/Cc2ccccc21.CC.CC.Cc1ccc(-c2ccccc2)cc1.Cc1ccc2c(c1)C(C)(C)C1=C2CC=C1. The molecule has 0 aliphatic heterocycles. The first-order valence-electron chi connectivity index (χ1n) is 21.0. The molecule has 0 N–H and O–H groups in total. The highest BCUT2D eigenvalue weighted by Crippen LogP contribution is 2.50. The van der Waals surface area contributed by atoms with Crippen molar-refractivity contribution in [1.82, 2.24) is 0 Å². The molecule has 0 amide bonds. The summed E-state index contributed by atoms with van der Waals surface area (Å²) in [6.45, 7) is 23.4. The van der Waals surface area contributed by atoms with Crippen molar-refractivity contribution in [3.63, 3.8) is 0 Å². The van der Waals surface area contributed by atoms with Gasteiger partial charge in [-0.25, -0.2) is 0 Å². The smallest absolute Gasteiger partial charge is 0.0155 e. The highest BCUT2D eigenvalue weighted by Gasteiger charge is 2.37. The fraction of sp³-hybridized carbons (Fsp3) is 0.228. The van der Waals surface area contributed by atoms with Gasteiger partial charge in [-0.2, -0.15) is 0 Å². The van der Waals surface area contributed by atoms with Crippen molar-refractivity contribution in [3.05, 3.63) is 232 Å². The number of fused-ring (bicyclic) bond motifs is 4. The van der Waals surface area contributed by atoms with E-state index >= 15 is 0 Å². The van der Waals surface area contributed by atoms with Crippen molar-refractivity contribution in [1.29, 1.82) is 0 Å². The Kier molecular flexibility index (Phi) is 14.8. The zero-order valence-corrected chi connectivity index (χ0v) is 35.9. The Bertz CT molecular complexity index is 2340. The predicted molar refractivity (Wildman–Crippen MR) is 252 cm³/mol. The Morgan fingerprint density at radius 2 is 1.19 bits per heavy atom. The minimum Gasteiger partial charge on any atom is -0.0911 e. The van der Waals surface area contributed by atoms with Crippen LogP contribution in [0.2, 0.25) is 0 Å². The Balaban J connectivity index is 0.000000166. The topological polar surface area (TPSA) is 0 Å². The molecule has 0 atom stereocenters. The first-order chi connectivity index (χ1) is 27.7. The molecule has 0 saturated carbocycles. The summed E-state index contributed by atoms with van der Waals surface area (Å²) in [4.78, 5) is 0. The summed E-state index contributed by atoms with van der Waals surface area (Å²) in [6, 6.07) is 43.2. The maximum absolute atomic E-state index is 4.35. The average Bonchev–Trinajstić information content (AvgIpc) is 3.93. The molecule has 0 aromatic heterocycles.